The van der Waals surface area contributed by atoms with Crippen LogP contribution in [0.2, 0.25) is 0 Å². The fourth-order valence-corrected chi connectivity index (χ4v) is 8.99. The molecule has 3 heteroatoms. The monoisotopic (exact) mass is 628 g/mol. The zero-order valence-electron chi connectivity index (χ0n) is 26.0. The molecule has 0 radical (unpaired) electrons. The molecule has 2 nitrogen and oxygen atoms in total. The second kappa shape index (κ2) is 10.6. The third-order valence-corrected chi connectivity index (χ3v) is 11.1. The minimum absolute atomic E-state index is 0.440. The summed E-state index contributed by atoms with van der Waals surface area (Å²) in [6.07, 6.45) is 0. The van der Waals surface area contributed by atoms with Crippen LogP contribution in [-0.4, -0.2) is 9.97 Å². The van der Waals surface area contributed by atoms with Gasteiger partial charge in [-0.3, -0.25) is 0 Å². The van der Waals surface area contributed by atoms with E-state index in [1.54, 1.807) is 11.3 Å². The average molecular weight is 629 g/mol. The van der Waals surface area contributed by atoms with Crippen molar-refractivity contribution in [3.63, 3.8) is 0 Å². The van der Waals surface area contributed by atoms with E-state index in [0.29, 0.717) is 0 Å². The van der Waals surface area contributed by atoms with Crippen molar-refractivity contribution in [2.24, 2.45) is 0 Å². The van der Waals surface area contributed by atoms with E-state index >= 15 is 0 Å². The third-order valence-electron chi connectivity index (χ3n) is 9.94. The van der Waals surface area contributed by atoms with Crippen LogP contribution in [0.1, 0.15) is 22.3 Å². The van der Waals surface area contributed by atoms with Crippen LogP contribution in [-0.2, 0) is 5.41 Å². The lowest BCUT2D eigenvalue weighted by atomic mass is 9.67. The maximum atomic E-state index is 5.27. The summed E-state index contributed by atoms with van der Waals surface area (Å²) < 4.78 is 2.35. The molecule has 0 saturated carbocycles. The van der Waals surface area contributed by atoms with E-state index in [1.807, 2.05) is 0 Å². The Morgan fingerprint density at radius 1 is 0.458 bits per heavy atom. The van der Waals surface area contributed by atoms with Gasteiger partial charge in [0.2, 0.25) is 0 Å². The molecular weight excluding hydrogens is 601 g/mol. The molecule has 1 aliphatic rings. The van der Waals surface area contributed by atoms with Gasteiger partial charge in [-0.1, -0.05) is 146 Å². The lowest BCUT2D eigenvalue weighted by Crippen LogP contribution is -2.28. The number of rotatable bonds is 4. The Kier molecular flexibility index (Phi) is 5.99. The summed E-state index contributed by atoms with van der Waals surface area (Å²) in [4.78, 5) is 10.5. The number of benzene rings is 7. The van der Waals surface area contributed by atoms with Crippen LogP contribution in [0.4, 0.5) is 0 Å². The van der Waals surface area contributed by atoms with Crippen molar-refractivity contribution in [2.45, 2.75) is 5.41 Å². The lowest BCUT2D eigenvalue weighted by molar-refractivity contribution is 0.769. The number of hydrogen-bond acceptors (Lipinski definition) is 3. The van der Waals surface area contributed by atoms with Crippen molar-refractivity contribution >= 4 is 42.4 Å². The fraction of sp³-hybridized carbons (Fsp3) is 0.0222. The molecule has 2 heterocycles. The maximum Gasteiger partial charge on any atom is 0.160 e. The van der Waals surface area contributed by atoms with E-state index in [1.165, 1.54) is 54.2 Å². The summed E-state index contributed by atoms with van der Waals surface area (Å²) in [6, 6.07) is 61.4. The fourth-order valence-electron chi connectivity index (χ4n) is 7.84. The zero-order valence-corrected chi connectivity index (χ0v) is 26.8. The summed E-state index contributed by atoms with van der Waals surface area (Å²) in [6.45, 7) is 0. The van der Waals surface area contributed by atoms with Gasteiger partial charge in [0.15, 0.2) is 5.82 Å². The highest BCUT2D eigenvalue weighted by Gasteiger charge is 2.46. The minimum Gasteiger partial charge on any atom is -0.226 e. The first-order chi connectivity index (χ1) is 23.8. The van der Waals surface area contributed by atoms with Gasteiger partial charge in [0.25, 0.3) is 0 Å². The van der Waals surface area contributed by atoms with Crippen molar-refractivity contribution in [3.8, 4) is 33.8 Å². The molecule has 0 unspecified atom stereocenters. The summed E-state index contributed by atoms with van der Waals surface area (Å²) in [5.41, 5.74) is 11.4. The van der Waals surface area contributed by atoms with Gasteiger partial charge in [-0.15, -0.1) is 11.3 Å². The summed E-state index contributed by atoms with van der Waals surface area (Å²) in [7, 11) is 0. The van der Waals surface area contributed by atoms with Crippen molar-refractivity contribution in [1.29, 1.82) is 0 Å². The molecule has 224 valence electrons. The first kappa shape index (κ1) is 27.2. The molecule has 2 aromatic heterocycles. The van der Waals surface area contributed by atoms with E-state index in [9.17, 15) is 0 Å². The predicted molar refractivity (Wildman–Crippen MR) is 201 cm³/mol. The number of fused-ring (bicyclic) bond motifs is 7. The van der Waals surface area contributed by atoms with Crippen LogP contribution >= 0.6 is 11.3 Å². The largest absolute Gasteiger partial charge is 0.226 e. The molecule has 48 heavy (non-hydrogen) atoms. The Labute approximate surface area is 282 Å². The standard InChI is InChI=1S/C45H28N2S/c1-4-14-29(15-5-1)41-43-42(36-21-11-13-23-40(36)48-43)47-44(46-41)31-25-24-30-27-37-35-20-10-12-22-38(35)45(33-16-6-2-7-17-33,34-18-8-3-9-19-34)39(37)28-32(30)26-31/h1-28H. The van der Waals surface area contributed by atoms with Gasteiger partial charge < -0.3 is 0 Å². The average Bonchev–Trinajstić information content (AvgIpc) is 3.68. The van der Waals surface area contributed by atoms with E-state index < -0.39 is 5.41 Å². The molecule has 7 aromatic carbocycles. The van der Waals surface area contributed by atoms with Crippen molar-refractivity contribution in [3.05, 3.63) is 192 Å². The molecule has 10 rings (SSSR count). The van der Waals surface area contributed by atoms with Gasteiger partial charge in [-0.05, 0) is 68.4 Å². The highest BCUT2D eigenvalue weighted by atomic mass is 32.1. The normalized spacial score (nSPS) is 13.2. The molecule has 0 fully saturated rings. The molecule has 1 aliphatic carbocycles. The van der Waals surface area contributed by atoms with Gasteiger partial charge in [-0.25, -0.2) is 9.97 Å². The number of hydrogen-bond donors (Lipinski definition) is 0. The van der Waals surface area contributed by atoms with Gasteiger partial charge in [-0.2, -0.15) is 0 Å². The summed E-state index contributed by atoms with van der Waals surface area (Å²) >= 11 is 1.77. The molecule has 0 amide bonds. The Morgan fingerprint density at radius 2 is 1.12 bits per heavy atom. The highest BCUT2D eigenvalue weighted by molar-refractivity contribution is 7.26. The van der Waals surface area contributed by atoms with E-state index in [-0.39, 0.29) is 0 Å². The van der Waals surface area contributed by atoms with E-state index in [0.717, 1.165) is 32.9 Å². The summed E-state index contributed by atoms with van der Waals surface area (Å²) in [5, 5.41) is 3.55. The number of thiophene rings is 1. The minimum atomic E-state index is -0.440. The lowest BCUT2D eigenvalue weighted by Gasteiger charge is -2.34. The number of nitrogens with zero attached hydrogens (tertiary/aromatic N) is 2. The maximum absolute atomic E-state index is 5.27. The topological polar surface area (TPSA) is 25.8 Å². The molecule has 0 bridgehead atoms. The number of aromatic nitrogens is 2. The van der Waals surface area contributed by atoms with Crippen LogP contribution in [0, 0.1) is 0 Å². The Morgan fingerprint density at radius 3 is 1.90 bits per heavy atom. The molecule has 0 N–H and O–H groups in total. The Balaban J connectivity index is 1.24. The SMILES string of the molecule is c1ccc(-c2nc(-c3ccc4cc5c(cc4c3)C(c3ccccc3)(c3ccccc3)c3ccccc3-5)nc3c2sc2ccccc23)cc1. The molecule has 0 spiro atoms. The second-order valence-corrected chi connectivity index (χ2v) is 13.6. The van der Waals surface area contributed by atoms with Gasteiger partial charge in [0, 0.05) is 21.2 Å². The summed E-state index contributed by atoms with van der Waals surface area (Å²) in [5.74, 6) is 0.743. The van der Waals surface area contributed by atoms with Gasteiger partial charge in [0.05, 0.1) is 21.3 Å². The molecular formula is C45H28N2S. The first-order valence-electron chi connectivity index (χ1n) is 16.3. The predicted octanol–water partition coefficient (Wildman–Crippen LogP) is 11.7. The quantitative estimate of drug-likeness (QED) is 0.194. The zero-order chi connectivity index (χ0) is 31.7. The second-order valence-electron chi connectivity index (χ2n) is 12.5. The Hall–Kier alpha value is -5.90. The molecule has 0 atom stereocenters. The molecule has 0 saturated heterocycles. The first-order valence-corrected chi connectivity index (χ1v) is 17.1. The molecule has 0 aliphatic heterocycles. The van der Waals surface area contributed by atoms with Crippen LogP contribution in [0.3, 0.4) is 0 Å². The van der Waals surface area contributed by atoms with Crippen LogP contribution in [0.25, 0.3) is 64.8 Å². The Bertz CT molecular complexity index is 2620. The van der Waals surface area contributed by atoms with Crippen molar-refractivity contribution < 1.29 is 0 Å². The van der Waals surface area contributed by atoms with Crippen LogP contribution in [0.5, 0.6) is 0 Å². The van der Waals surface area contributed by atoms with Crippen LogP contribution in [0.15, 0.2) is 170 Å². The van der Waals surface area contributed by atoms with Crippen molar-refractivity contribution in [2.75, 3.05) is 0 Å². The highest BCUT2D eigenvalue weighted by Crippen LogP contribution is 2.56. The van der Waals surface area contributed by atoms with E-state index in [2.05, 4.69) is 170 Å². The van der Waals surface area contributed by atoms with Crippen molar-refractivity contribution in [1.82, 2.24) is 9.97 Å². The van der Waals surface area contributed by atoms with Gasteiger partial charge >= 0.3 is 0 Å². The third kappa shape index (κ3) is 3.92. The van der Waals surface area contributed by atoms with Crippen LogP contribution < -0.4 is 0 Å². The molecule has 9 aromatic rings. The smallest absolute Gasteiger partial charge is 0.160 e. The van der Waals surface area contributed by atoms with Gasteiger partial charge in [0.1, 0.15) is 0 Å². The van der Waals surface area contributed by atoms with E-state index in [4.69, 9.17) is 9.97 Å².